The first-order valence-corrected chi connectivity index (χ1v) is 5.16. The largest absolute Gasteiger partial charge is 0.508 e. The van der Waals surface area contributed by atoms with Crippen LogP contribution in [0.1, 0.15) is 25.8 Å². The van der Waals surface area contributed by atoms with Gasteiger partial charge in [-0.05, 0) is 44.5 Å². The first-order valence-electron chi connectivity index (χ1n) is 5.16. The van der Waals surface area contributed by atoms with Crippen LogP contribution in [0.15, 0.2) is 18.2 Å². The third kappa shape index (κ3) is 3.90. The molecule has 0 saturated heterocycles. The van der Waals surface area contributed by atoms with E-state index in [1.54, 1.807) is 39.0 Å². The molecule has 0 spiro atoms. The molecule has 0 aliphatic carbocycles. The van der Waals surface area contributed by atoms with Crippen molar-refractivity contribution in [3.05, 3.63) is 23.8 Å². The average molecular weight is 222 g/mol. The van der Waals surface area contributed by atoms with Crippen molar-refractivity contribution in [1.82, 2.24) is 0 Å². The minimum atomic E-state index is -0.518. The molecule has 0 heterocycles. The van der Waals surface area contributed by atoms with Gasteiger partial charge in [0.25, 0.3) is 0 Å². The number of nitrogens with two attached hydrogens (primary N) is 1. The van der Waals surface area contributed by atoms with Crippen LogP contribution in [0.3, 0.4) is 0 Å². The molecule has 0 atom stereocenters. The lowest BCUT2D eigenvalue weighted by Gasteiger charge is -2.17. The Balaban J connectivity index is 2.67. The van der Waals surface area contributed by atoms with Gasteiger partial charge in [0.15, 0.2) is 0 Å². The van der Waals surface area contributed by atoms with Crippen molar-refractivity contribution in [2.24, 2.45) is 5.73 Å². The Morgan fingerprint density at radius 2 is 2.12 bits per heavy atom. The van der Waals surface area contributed by atoms with Gasteiger partial charge in [0.2, 0.25) is 5.91 Å². The van der Waals surface area contributed by atoms with Crippen LogP contribution in [0.2, 0.25) is 0 Å². The Labute approximate surface area is 95.5 Å². The average Bonchev–Trinajstić information content (AvgIpc) is 2.08. The lowest BCUT2D eigenvalue weighted by Crippen LogP contribution is -2.36. The van der Waals surface area contributed by atoms with E-state index in [9.17, 15) is 9.90 Å². The van der Waals surface area contributed by atoms with E-state index >= 15 is 0 Å². The molecule has 1 amide bonds. The second-order valence-electron chi connectivity index (χ2n) is 4.71. The number of aryl methyl sites for hydroxylation is 1. The number of anilines is 1. The summed E-state index contributed by atoms with van der Waals surface area (Å²) in [6, 6.07) is 4.93. The van der Waals surface area contributed by atoms with Gasteiger partial charge >= 0.3 is 0 Å². The van der Waals surface area contributed by atoms with Crippen LogP contribution in [0, 0.1) is 6.92 Å². The second kappa shape index (κ2) is 4.53. The first-order chi connectivity index (χ1) is 7.28. The predicted molar refractivity (Wildman–Crippen MR) is 64.4 cm³/mol. The lowest BCUT2D eigenvalue weighted by atomic mass is 10.0. The Kier molecular flexibility index (Phi) is 3.55. The van der Waals surface area contributed by atoms with Gasteiger partial charge < -0.3 is 16.2 Å². The fourth-order valence-electron chi connectivity index (χ4n) is 1.35. The molecule has 4 heteroatoms. The molecule has 16 heavy (non-hydrogen) atoms. The van der Waals surface area contributed by atoms with Crippen molar-refractivity contribution in [3.63, 3.8) is 0 Å². The van der Waals surface area contributed by atoms with Crippen molar-refractivity contribution in [2.75, 3.05) is 5.32 Å². The van der Waals surface area contributed by atoms with E-state index in [-0.39, 0.29) is 18.1 Å². The fraction of sp³-hybridized carbons (Fsp3) is 0.417. The number of nitrogens with one attached hydrogen (secondary N) is 1. The Morgan fingerprint density at radius 1 is 1.50 bits per heavy atom. The van der Waals surface area contributed by atoms with Crippen LogP contribution >= 0.6 is 0 Å². The van der Waals surface area contributed by atoms with E-state index in [2.05, 4.69) is 5.32 Å². The Bertz CT molecular complexity index is 394. The maximum absolute atomic E-state index is 11.6. The minimum absolute atomic E-state index is 0.127. The number of carbonyl (C=O) groups is 1. The molecule has 0 unspecified atom stereocenters. The fourth-order valence-corrected chi connectivity index (χ4v) is 1.35. The number of phenolic OH excluding ortho intramolecular Hbond substituents is 1. The molecule has 1 aromatic carbocycles. The zero-order chi connectivity index (χ0) is 12.3. The van der Waals surface area contributed by atoms with Crippen LogP contribution in [0.4, 0.5) is 5.69 Å². The highest BCUT2D eigenvalue weighted by Crippen LogP contribution is 2.20. The molecule has 0 fully saturated rings. The number of aromatic hydroxyl groups is 1. The van der Waals surface area contributed by atoms with Gasteiger partial charge in [-0.15, -0.1) is 0 Å². The van der Waals surface area contributed by atoms with Gasteiger partial charge in [-0.25, -0.2) is 0 Å². The SMILES string of the molecule is Cc1cc(NC(=O)CC(C)(C)N)ccc1O. The van der Waals surface area contributed by atoms with Crippen LogP contribution in [-0.4, -0.2) is 16.6 Å². The van der Waals surface area contributed by atoms with E-state index < -0.39 is 5.54 Å². The number of rotatable bonds is 3. The molecule has 4 N–H and O–H groups in total. The topological polar surface area (TPSA) is 75.4 Å². The summed E-state index contributed by atoms with van der Waals surface area (Å²) in [6.07, 6.45) is 0.257. The van der Waals surface area contributed by atoms with E-state index in [1.807, 2.05) is 0 Å². The molecule has 0 aliphatic rings. The molecule has 4 nitrogen and oxygen atoms in total. The third-order valence-corrected chi connectivity index (χ3v) is 2.10. The summed E-state index contributed by atoms with van der Waals surface area (Å²) in [7, 11) is 0. The number of amides is 1. The van der Waals surface area contributed by atoms with E-state index in [4.69, 9.17) is 5.73 Å². The highest BCUT2D eigenvalue weighted by molar-refractivity contribution is 5.91. The van der Waals surface area contributed by atoms with Crippen molar-refractivity contribution in [2.45, 2.75) is 32.7 Å². The number of benzene rings is 1. The smallest absolute Gasteiger partial charge is 0.226 e. The summed E-state index contributed by atoms with van der Waals surface area (Å²) in [5, 5.41) is 12.1. The number of hydrogen-bond donors (Lipinski definition) is 3. The van der Waals surface area contributed by atoms with Crippen LogP contribution < -0.4 is 11.1 Å². The normalized spacial score (nSPS) is 11.2. The van der Waals surface area contributed by atoms with Crippen LogP contribution in [0.5, 0.6) is 5.75 Å². The van der Waals surface area contributed by atoms with E-state index in [0.29, 0.717) is 5.69 Å². The minimum Gasteiger partial charge on any atom is -0.508 e. The van der Waals surface area contributed by atoms with Crippen LogP contribution in [-0.2, 0) is 4.79 Å². The highest BCUT2D eigenvalue weighted by Gasteiger charge is 2.16. The zero-order valence-electron chi connectivity index (χ0n) is 9.87. The molecule has 1 rings (SSSR count). The molecule has 0 saturated carbocycles. The molecule has 0 bridgehead atoms. The van der Waals surface area contributed by atoms with Gasteiger partial charge in [0.05, 0.1) is 0 Å². The molecular formula is C12H18N2O2. The number of phenols is 1. The van der Waals surface area contributed by atoms with Crippen LogP contribution in [0.25, 0.3) is 0 Å². The summed E-state index contributed by atoms with van der Waals surface area (Å²) >= 11 is 0. The van der Waals surface area contributed by atoms with Crippen molar-refractivity contribution in [1.29, 1.82) is 0 Å². The molecule has 1 aromatic rings. The van der Waals surface area contributed by atoms with Gasteiger partial charge in [-0.2, -0.15) is 0 Å². The summed E-state index contributed by atoms with van der Waals surface area (Å²) < 4.78 is 0. The summed E-state index contributed by atoms with van der Waals surface area (Å²) in [5.41, 5.74) is 6.62. The number of hydrogen-bond acceptors (Lipinski definition) is 3. The standard InChI is InChI=1S/C12H18N2O2/c1-8-6-9(4-5-10(8)15)14-11(16)7-12(2,3)13/h4-6,15H,7,13H2,1-3H3,(H,14,16). The Hall–Kier alpha value is -1.55. The van der Waals surface area contributed by atoms with Crippen molar-refractivity contribution < 1.29 is 9.90 Å². The summed E-state index contributed by atoms with van der Waals surface area (Å²) in [6.45, 7) is 5.38. The monoisotopic (exact) mass is 222 g/mol. The van der Waals surface area contributed by atoms with Gasteiger partial charge in [0.1, 0.15) is 5.75 Å². The number of carbonyl (C=O) groups excluding carboxylic acids is 1. The van der Waals surface area contributed by atoms with E-state index in [1.165, 1.54) is 0 Å². The zero-order valence-corrected chi connectivity index (χ0v) is 9.87. The van der Waals surface area contributed by atoms with Gasteiger partial charge in [-0.3, -0.25) is 4.79 Å². The summed E-state index contributed by atoms with van der Waals surface area (Å²) in [4.78, 5) is 11.6. The first kappa shape index (κ1) is 12.5. The Morgan fingerprint density at radius 3 is 2.62 bits per heavy atom. The molecule has 0 radical (unpaired) electrons. The van der Waals surface area contributed by atoms with Crippen molar-refractivity contribution in [3.8, 4) is 5.75 Å². The molecule has 88 valence electrons. The van der Waals surface area contributed by atoms with Gasteiger partial charge in [0, 0.05) is 17.6 Å². The highest BCUT2D eigenvalue weighted by atomic mass is 16.3. The maximum Gasteiger partial charge on any atom is 0.226 e. The second-order valence-corrected chi connectivity index (χ2v) is 4.71. The quantitative estimate of drug-likeness (QED) is 0.682. The molecule has 0 aromatic heterocycles. The van der Waals surface area contributed by atoms with Crippen molar-refractivity contribution >= 4 is 11.6 Å². The molecule has 0 aliphatic heterocycles. The predicted octanol–water partition coefficient (Wildman–Crippen LogP) is 1.77. The summed E-state index contributed by atoms with van der Waals surface area (Å²) in [5.74, 6) is 0.0924. The molecular weight excluding hydrogens is 204 g/mol. The lowest BCUT2D eigenvalue weighted by molar-refractivity contribution is -0.117. The third-order valence-electron chi connectivity index (χ3n) is 2.10. The van der Waals surface area contributed by atoms with Gasteiger partial charge in [-0.1, -0.05) is 0 Å². The maximum atomic E-state index is 11.6. The van der Waals surface area contributed by atoms with E-state index in [0.717, 1.165) is 5.56 Å².